The number of rotatable bonds is 4. The first-order valence-corrected chi connectivity index (χ1v) is 7.95. The predicted octanol–water partition coefficient (Wildman–Crippen LogP) is 5.86. The molecule has 136 valence electrons. The number of halogens is 2. The molecule has 0 bridgehead atoms. The molecule has 0 amide bonds. The molecular weight excluding hydrogens is 371 g/mol. The van der Waals surface area contributed by atoms with Crippen molar-refractivity contribution in [3.63, 3.8) is 0 Å². The second-order valence-electron chi connectivity index (χ2n) is 6.01. The molecule has 4 aromatic rings. The van der Waals surface area contributed by atoms with Crippen LogP contribution in [0.25, 0.3) is 22.1 Å². The lowest BCUT2D eigenvalue weighted by molar-refractivity contribution is 0.532. The van der Waals surface area contributed by atoms with Gasteiger partial charge in [-0.25, -0.2) is 4.98 Å². The summed E-state index contributed by atoms with van der Waals surface area (Å²) < 4.78 is 7.69. The molecule has 0 saturated carbocycles. The van der Waals surface area contributed by atoms with Crippen LogP contribution >= 0.6 is 24.8 Å². The monoisotopic (exact) mass is 390 g/mol. The van der Waals surface area contributed by atoms with E-state index in [1.54, 1.807) is 0 Å². The highest BCUT2D eigenvalue weighted by atomic mass is 35.5. The van der Waals surface area contributed by atoms with Crippen LogP contribution in [-0.4, -0.2) is 14.8 Å². The van der Waals surface area contributed by atoms with Crippen LogP contribution in [0.15, 0.2) is 65.5 Å². The summed E-state index contributed by atoms with van der Waals surface area (Å²) in [5.74, 6) is 1.43. The topological polar surface area (TPSA) is 55.9 Å². The third-order valence-electron chi connectivity index (χ3n) is 3.90. The van der Waals surface area contributed by atoms with E-state index in [-0.39, 0.29) is 24.8 Å². The second kappa shape index (κ2) is 8.25. The molecule has 26 heavy (non-hydrogen) atoms. The molecule has 0 aliphatic heterocycles. The molecule has 1 N–H and O–H groups in total. The van der Waals surface area contributed by atoms with Gasteiger partial charge in [0.25, 0.3) is 0 Å². The second-order valence-corrected chi connectivity index (χ2v) is 6.01. The number of hydrogen-bond acceptors (Lipinski definition) is 4. The fraction of sp³-hybridized carbons (Fsp3) is 0.158. The van der Waals surface area contributed by atoms with E-state index < -0.39 is 0 Å². The molecule has 0 spiro atoms. The maximum atomic E-state index is 5.75. The Balaban J connectivity index is 0.00000121. The molecule has 0 saturated heterocycles. The predicted molar refractivity (Wildman–Crippen MR) is 110 cm³/mol. The first-order valence-electron chi connectivity index (χ1n) is 7.95. The first-order chi connectivity index (χ1) is 11.7. The standard InChI is InChI=1S/C19H18N4O.2ClH/c1-13(2)23-12-16(11-21-23)15-7-8-18(20-10-15)22-19-9-14-5-3-4-6-17(14)24-19;;/h3-13H,1-2H3,(H,20,22);2*1H. The van der Waals surface area contributed by atoms with Crippen molar-refractivity contribution < 1.29 is 4.42 Å². The Morgan fingerprint density at radius 3 is 2.46 bits per heavy atom. The summed E-state index contributed by atoms with van der Waals surface area (Å²) >= 11 is 0. The normalized spacial score (nSPS) is 10.4. The number of nitrogens with one attached hydrogen (secondary N) is 1. The lowest BCUT2D eigenvalue weighted by Crippen LogP contribution is -1.99. The van der Waals surface area contributed by atoms with Crippen molar-refractivity contribution in [3.05, 3.63) is 61.1 Å². The number of hydrogen-bond donors (Lipinski definition) is 1. The highest BCUT2D eigenvalue weighted by Gasteiger charge is 2.07. The average molecular weight is 391 g/mol. The number of pyridine rings is 1. The molecule has 0 fully saturated rings. The van der Waals surface area contributed by atoms with Gasteiger partial charge in [-0.3, -0.25) is 4.68 Å². The van der Waals surface area contributed by atoms with Crippen LogP contribution in [0.2, 0.25) is 0 Å². The van der Waals surface area contributed by atoms with Crippen LogP contribution in [0.3, 0.4) is 0 Å². The number of benzene rings is 1. The molecule has 0 aliphatic rings. The third-order valence-corrected chi connectivity index (χ3v) is 3.90. The van der Waals surface area contributed by atoms with Crippen molar-refractivity contribution in [2.75, 3.05) is 5.32 Å². The number of fused-ring (bicyclic) bond motifs is 1. The summed E-state index contributed by atoms with van der Waals surface area (Å²) in [7, 11) is 0. The number of nitrogens with zero attached hydrogens (tertiary/aromatic N) is 3. The Kier molecular flexibility index (Phi) is 6.29. The molecule has 3 aromatic heterocycles. The van der Waals surface area contributed by atoms with Crippen LogP contribution in [0, 0.1) is 0 Å². The summed E-state index contributed by atoms with van der Waals surface area (Å²) in [5, 5.41) is 8.63. The Morgan fingerprint density at radius 2 is 1.81 bits per heavy atom. The van der Waals surface area contributed by atoms with E-state index in [4.69, 9.17) is 4.42 Å². The van der Waals surface area contributed by atoms with Gasteiger partial charge in [0.05, 0.1) is 6.20 Å². The van der Waals surface area contributed by atoms with E-state index in [1.807, 2.05) is 65.7 Å². The largest absolute Gasteiger partial charge is 0.440 e. The minimum absolute atomic E-state index is 0. The molecule has 7 heteroatoms. The van der Waals surface area contributed by atoms with Gasteiger partial charge in [0.1, 0.15) is 11.4 Å². The third kappa shape index (κ3) is 4.00. The van der Waals surface area contributed by atoms with Gasteiger partial charge in [-0.15, -0.1) is 24.8 Å². The van der Waals surface area contributed by atoms with Gasteiger partial charge in [-0.2, -0.15) is 5.10 Å². The Hall–Kier alpha value is -2.50. The molecule has 0 radical (unpaired) electrons. The van der Waals surface area contributed by atoms with Crippen LogP contribution in [0.1, 0.15) is 19.9 Å². The summed E-state index contributed by atoms with van der Waals surface area (Å²) in [4.78, 5) is 4.47. The molecule has 0 aliphatic carbocycles. The molecule has 3 heterocycles. The average Bonchev–Trinajstić information content (AvgIpc) is 3.22. The Bertz CT molecular complexity index is 944. The van der Waals surface area contributed by atoms with Crippen molar-refractivity contribution in [1.82, 2.24) is 14.8 Å². The fourth-order valence-corrected chi connectivity index (χ4v) is 2.58. The minimum Gasteiger partial charge on any atom is -0.440 e. The van der Waals surface area contributed by atoms with Gasteiger partial charge < -0.3 is 9.73 Å². The SMILES string of the molecule is CC(C)n1cc(-c2ccc(Nc3cc4ccccc4o3)nc2)cn1.Cl.Cl. The number of para-hydroxylation sites is 1. The summed E-state index contributed by atoms with van der Waals surface area (Å²) in [5.41, 5.74) is 2.96. The first kappa shape index (κ1) is 19.8. The van der Waals surface area contributed by atoms with Gasteiger partial charge in [0, 0.05) is 41.0 Å². The zero-order valence-corrected chi connectivity index (χ0v) is 16.1. The van der Waals surface area contributed by atoms with E-state index in [1.165, 1.54) is 0 Å². The van der Waals surface area contributed by atoms with Gasteiger partial charge in [-0.05, 0) is 32.0 Å². The lowest BCUT2D eigenvalue weighted by Gasteiger charge is -2.04. The number of furan rings is 1. The summed E-state index contributed by atoms with van der Waals surface area (Å²) in [6, 6.07) is 14.2. The lowest BCUT2D eigenvalue weighted by atomic mass is 10.2. The Labute approximate surface area is 164 Å². The van der Waals surface area contributed by atoms with Crippen molar-refractivity contribution in [1.29, 1.82) is 0 Å². The highest BCUT2D eigenvalue weighted by molar-refractivity contribution is 5.85. The molecule has 5 nitrogen and oxygen atoms in total. The number of aromatic nitrogens is 3. The molecule has 0 atom stereocenters. The molecule has 1 aromatic carbocycles. The van der Waals surface area contributed by atoms with Gasteiger partial charge in [-0.1, -0.05) is 18.2 Å². The van der Waals surface area contributed by atoms with Crippen LogP contribution < -0.4 is 5.32 Å². The zero-order valence-electron chi connectivity index (χ0n) is 14.4. The van der Waals surface area contributed by atoms with E-state index in [9.17, 15) is 0 Å². The minimum atomic E-state index is 0. The van der Waals surface area contributed by atoms with E-state index in [0.29, 0.717) is 11.9 Å². The van der Waals surface area contributed by atoms with Crippen molar-refractivity contribution >= 4 is 47.5 Å². The smallest absolute Gasteiger partial charge is 0.199 e. The molecule has 0 unspecified atom stereocenters. The molecular formula is C19H20Cl2N4O. The van der Waals surface area contributed by atoms with Crippen LogP contribution in [-0.2, 0) is 0 Å². The van der Waals surface area contributed by atoms with Gasteiger partial charge in [0.2, 0.25) is 0 Å². The van der Waals surface area contributed by atoms with Crippen molar-refractivity contribution in [2.45, 2.75) is 19.9 Å². The molecule has 4 rings (SSSR count). The Morgan fingerprint density at radius 1 is 1.00 bits per heavy atom. The zero-order chi connectivity index (χ0) is 16.5. The van der Waals surface area contributed by atoms with Gasteiger partial charge >= 0.3 is 0 Å². The van der Waals surface area contributed by atoms with Gasteiger partial charge in [0.15, 0.2) is 5.88 Å². The number of anilines is 2. The van der Waals surface area contributed by atoms with E-state index in [2.05, 4.69) is 29.2 Å². The van der Waals surface area contributed by atoms with Crippen LogP contribution in [0.5, 0.6) is 0 Å². The van der Waals surface area contributed by atoms with E-state index in [0.717, 1.165) is 27.9 Å². The van der Waals surface area contributed by atoms with Crippen LogP contribution in [0.4, 0.5) is 11.7 Å². The van der Waals surface area contributed by atoms with Crippen molar-refractivity contribution in [3.8, 4) is 11.1 Å². The quantitative estimate of drug-likeness (QED) is 0.473. The van der Waals surface area contributed by atoms with E-state index >= 15 is 0 Å². The van der Waals surface area contributed by atoms with Crippen molar-refractivity contribution in [2.24, 2.45) is 0 Å². The summed E-state index contributed by atoms with van der Waals surface area (Å²) in [6.07, 6.45) is 5.74. The highest BCUT2D eigenvalue weighted by Crippen LogP contribution is 2.26. The maximum absolute atomic E-state index is 5.75. The summed E-state index contributed by atoms with van der Waals surface area (Å²) in [6.45, 7) is 4.21. The fourth-order valence-electron chi connectivity index (χ4n) is 2.58. The maximum Gasteiger partial charge on any atom is 0.199 e.